The number of phenolic OH excluding ortho intramolecular Hbond substituents is 4. The summed E-state index contributed by atoms with van der Waals surface area (Å²) in [5.41, 5.74) is 1.56. The van der Waals surface area contributed by atoms with Crippen molar-refractivity contribution in [3.05, 3.63) is 83.9 Å². The molecule has 3 aromatic rings. The number of benzene rings is 3. The second-order valence-corrected chi connectivity index (χ2v) is 6.71. The first kappa shape index (κ1) is 22.0. The molecule has 3 aromatic carbocycles. The summed E-state index contributed by atoms with van der Waals surface area (Å²) in [5, 5.41) is 43.6. The zero-order valence-electron chi connectivity index (χ0n) is 16.7. The summed E-state index contributed by atoms with van der Waals surface area (Å²) in [5.74, 6) is -1.10. The van der Waals surface area contributed by atoms with Crippen LogP contribution in [0.2, 0.25) is 0 Å². The highest BCUT2D eigenvalue weighted by Crippen LogP contribution is 2.24. The van der Waals surface area contributed by atoms with E-state index in [1.807, 2.05) is 0 Å². The van der Waals surface area contributed by atoms with Gasteiger partial charge in [-0.15, -0.1) is 0 Å². The summed E-state index contributed by atoms with van der Waals surface area (Å²) in [6.45, 7) is 0. The van der Waals surface area contributed by atoms with Gasteiger partial charge in [0.2, 0.25) is 11.8 Å². The van der Waals surface area contributed by atoms with E-state index < -0.39 is 11.8 Å². The lowest BCUT2D eigenvalue weighted by Gasteiger charge is -2.06. The van der Waals surface area contributed by atoms with Gasteiger partial charge >= 0.3 is 0 Å². The Morgan fingerprint density at radius 3 is 1.34 bits per heavy atom. The molecule has 0 saturated carbocycles. The van der Waals surface area contributed by atoms with E-state index in [2.05, 4.69) is 10.6 Å². The lowest BCUT2D eigenvalue weighted by atomic mass is 10.1. The highest BCUT2D eigenvalue weighted by atomic mass is 16.3. The van der Waals surface area contributed by atoms with Gasteiger partial charge in [-0.1, -0.05) is 0 Å². The monoisotopic (exact) mass is 432 g/mol. The fourth-order valence-corrected chi connectivity index (χ4v) is 2.69. The van der Waals surface area contributed by atoms with Gasteiger partial charge in [-0.2, -0.15) is 0 Å². The minimum absolute atomic E-state index is 0.0333. The first-order valence-corrected chi connectivity index (χ1v) is 9.42. The summed E-state index contributed by atoms with van der Waals surface area (Å²) in [7, 11) is 0. The zero-order valence-corrected chi connectivity index (χ0v) is 16.7. The van der Waals surface area contributed by atoms with Crippen molar-refractivity contribution < 1.29 is 30.0 Å². The van der Waals surface area contributed by atoms with Gasteiger partial charge in [0.25, 0.3) is 0 Å². The van der Waals surface area contributed by atoms with Crippen molar-refractivity contribution >= 4 is 35.3 Å². The topological polar surface area (TPSA) is 139 Å². The molecule has 162 valence electrons. The molecule has 0 saturated heterocycles. The van der Waals surface area contributed by atoms with Crippen LogP contribution in [0.1, 0.15) is 11.1 Å². The Hall–Kier alpha value is -4.72. The van der Waals surface area contributed by atoms with Crippen LogP contribution in [-0.2, 0) is 9.59 Å². The van der Waals surface area contributed by atoms with Crippen LogP contribution in [0.5, 0.6) is 23.0 Å². The number of anilines is 2. The molecule has 0 spiro atoms. The van der Waals surface area contributed by atoms with E-state index in [9.17, 15) is 30.0 Å². The molecule has 0 radical (unpaired) electrons. The van der Waals surface area contributed by atoms with Crippen LogP contribution in [0.15, 0.2) is 72.8 Å². The average Bonchev–Trinajstić information content (AvgIpc) is 2.76. The number of amides is 2. The maximum absolute atomic E-state index is 12.1. The lowest BCUT2D eigenvalue weighted by Crippen LogP contribution is -2.09. The molecule has 0 atom stereocenters. The van der Waals surface area contributed by atoms with Crippen molar-refractivity contribution in [3.63, 3.8) is 0 Å². The molecular weight excluding hydrogens is 412 g/mol. The Morgan fingerprint density at radius 2 is 0.969 bits per heavy atom. The summed E-state index contributed by atoms with van der Waals surface area (Å²) in [6, 6.07) is 14.3. The molecule has 8 heteroatoms. The molecule has 0 fully saturated rings. The Balaban J connectivity index is 1.56. The van der Waals surface area contributed by atoms with E-state index in [0.29, 0.717) is 22.5 Å². The molecule has 32 heavy (non-hydrogen) atoms. The smallest absolute Gasteiger partial charge is 0.248 e. The third-order valence-electron chi connectivity index (χ3n) is 4.27. The van der Waals surface area contributed by atoms with E-state index in [-0.39, 0.29) is 23.0 Å². The second kappa shape index (κ2) is 9.86. The Kier molecular flexibility index (Phi) is 6.77. The normalized spacial score (nSPS) is 11.0. The van der Waals surface area contributed by atoms with E-state index in [1.54, 1.807) is 24.3 Å². The molecule has 8 nitrogen and oxygen atoms in total. The number of carbonyl (C=O) groups excluding carboxylic acids is 2. The van der Waals surface area contributed by atoms with Crippen LogP contribution in [0.4, 0.5) is 11.4 Å². The number of hydrogen-bond donors (Lipinski definition) is 6. The number of hydrogen-bond acceptors (Lipinski definition) is 6. The minimum atomic E-state index is -0.446. The summed E-state index contributed by atoms with van der Waals surface area (Å²) >= 11 is 0. The van der Waals surface area contributed by atoms with E-state index >= 15 is 0 Å². The van der Waals surface area contributed by atoms with Gasteiger partial charge in [0.1, 0.15) is 23.0 Å². The molecule has 0 aliphatic rings. The maximum atomic E-state index is 12.1. The third-order valence-corrected chi connectivity index (χ3v) is 4.27. The van der Waals surface area contributed by atoms with Crippen LogP contribution in [0, 0.1) is 0 Å². The van der Waals surface area contributed by atoms with Gasteiger partial charge < -0.3 is 31.1 Å². The molecule has 0 aliphatic heterocycles. The molecule has 3 rings (SSSR count). The first-order valence-electron chi connectivity index (χ1n) is 9.42. The summed E-state index contributed by atoms with van der Waals surface area (Å²) in [6.07, 6.45) is 5.17. The van der Waals surface area contributed by atoms with Gasteiger partial charge in [-0.25, -0.2) is 0 Å². The lowest BCUT2D eigenvalue weighted by molar-refractivity contribution is -0.112. The summed E-state index contributed by atoms with van der Waals surface area (Å²) < 4.78 is 0. The average molecular weight is 432 g/mol. The number of nitrogens with one attached hydrogen (secondary N) is 2. The second-order valence-electron chi connectivity index (χ2n) is 6.71. The standard InChI is InChI=1S/C24H20N2O6/c27-19-7-9-21(29)15(13-19)1-11-23(31)25-17-3-5-18(6-4-17)26-24(32)12-2-16-14-20(28)8-10-22(16)30/h1-14,27-30H,(H,25,31)(H,26,32)/b11-1+,12-2+. The SMILES string of the molecule is O=C(/C=C/c1cc(O)ccc1O)Nc1ccc(NC(=O)/C=C/c2cc(O)ccc2O)cc1. The highest BCUT2D eigenvalue weighted by Gasteiger charge is 2.04. The minimum Gasteiger partial charge on any atom is -0.508 e. The summed E-state index contributed by atoms with van der Waals surface area (Å²) in [4.78, 5) is 24.1. The van der Waals surface area contributed by atoms with Crippen molar-refractivity contribution in [2.45, 2.75) is 0 Å². The van der Waals surface area contributed by atoms with Crippen molar-refractivity contribution in [1.82, 2.24) is 0 Å². The predicted molar refractivity (Wildman–Crippen MR) is 121 cm³/mol. The Morgan fingerprint density at radius 1 is 0.594 bits per heavy atom. The molecule has 0 unspecified atom stereocenters. The number of phenols is 4. The maximum Gasteiger partial charge on any atom is 0.248 e. The van der Waals surface area contributed by atoms with E-state index in [1.165, 1.54) is 60.7 Å². The fourth-order valence-electron chi connectivity index (χ4n) is 2.69. The molecule has 0 bridgehead atoms. The number of aromatic hydroxyl groups is 4. The van der Waals surface area contributed by atoms with Crippen LogP contribution < -0.4 is 10.6 Å². The molecular formula is C24H20N2O6. The molecule has 2 amide bonds. The van der Waals surface area contributed by atoms with E-state index in [0.717, 1.165) is 0 Å². The number of rotatable bonds is 6. The van der Waals surface area contributed by atoms with Crippen LogP contribution >= 0.6 is 0 Å². The zero-order chi connectivity index (χ0) is 23.1. The fraction of sp³-hybridized carbons (Fsp3) is 0. The van der Waals surface area contributed by atoms with Crippen molar-refractivity contribution in [1.29, 1.82) is 0 Å². The molecule has 0 aliphatic carbocycles. The van der Waals surface area contributed by atoms with Crippen LogP contribution in [0.25, 0.3) is 12.2 Å². The van der Waals surface area contributed by atoms with E-state index in [4.69, 9.17) is 0 Å². The largest absolute Gasteiger partial charge is 0.508 e. The van der Waals surface area contributed by atoms with Crippen molar-refractivity contribution in [3.8, 4) is 23.0 Å². The number of carbonyl (C=O) groups is 2. The molecule has 0 heterocycles. The third kappa shape index (κ3) is 6.14. The van der Waals surface area contributed by atoms with Crippen molar-refractivity contribution in [2.24, 2.45) is 0 Å². The predicted octanol–water partition coefficient (Wildman–Crippen LogP) is 3.81. The Labute approximate surface area is 183 Å². The van der Waals surface area contributed by atoms with Crippen LogP contribution in [-0.4, -0.2) is 32.2 Å². The highest BCUT2D eigenvalue weighted by molar-refractivity contribution is 6.03. The quantitative estimate of drug-likeness (QED) is 0.259. The van der Waals surface area contributed by atoms with Gasteiger partial charge in [0.05, 0.1) is 0 Å². The first-order chi connectivity index (χ1) is 15.3. The van der Waals surface area contributed by atoms with Gasteiger partial charge in [-0.3, -0.25) is 9.59 Å². The van der Waals surface area contributed by atoms with Gasteiger partial charge in [0.15, 0.2) is 0 Å². The molecule has 6 N–H and O–H groups in total. The van der Waals surface area contributed by atoms with Gasteiger partial charge in [0, 0.05) is 34.7 Å². The molecule has 0 aromatic heterocycles. The van der Waals surface area contributed by atoms with Crippen molar-refractivity contribution in [2.75, 3.05) is 10.6 Å². The Bertz CT molecular complexity index is 1110. The van der Waals surface area contributed by atoms with Gasteiger partial charge in [-0.05, 0) is 72.8 Å². The van der Waals surface area contributed by atoms with Crippen LogP contribution in [0.3, 0.4) is 0 Å².